The number of aromatic nitrogens is 1. The second-order valence-electron chi connectivity index (χ2n) is 11.7. The molecule has 44 heavy (non-hydrogen) atoms. The van der Waals surface area contributed by atoms with Crippen LogP contribution in [0.4, 0.5) is 0 Å². The van der Waals surface area contributed by atoms with Crippen LogP contribution in [-0.4, -0.2) is 82.7 Å². The number of amides is 4. The number of benzene rings is 2. The fraction of sp³-hybridized carbons (Fsp3) is 0.382. The van der Waals surface area contributed by atoms with Crippen molar-refractivity contribution in [3.8, 4) is 0 Å². The average Bonchev–Trinajstić information content (AvgIpc) is 3.71. The molecule has 2 aliphatic rings. The van der Waals surface area contributed by atoms with E-state index < -0.39 is 30.1 Å². The Morgan fingerprint density at radius 3 is 2.25 bits per heavy atom. The summed E-state index contributed by atoms with van der Waals surface area (Å²) < 4.78 is 0. The minimum atomic E-state index is -0.951. The highest BCUT2D eigenvalue weighted by atomic mass is 16.2. The molecule has 0 bridgehead atoms. The van der Waals surface area contributed by atoms with Gasteiger partial charge in [0.25, 0.3) is 0 Å². The molecule has 2 aliphatic heterocycles. The van der Waals surface area contributed by atoms with Gasteiger partial charge in [0.2, 0.25) is 23.6 Å². The maximum absolute atomic E-state index is 14.5. The number of carbonyl (C=O) groups excluding carboxylic acids is 4. The molecule has 0 radical (unpaired) electrons. The van der Waals surface area contributed by atoms with E-state index >= 15 is 0 Å². The van der Waals surface area contributed by atoms with Gasteiger partial charge in [-0.05, 0) is 42.5 Å². The molecule has 1 aromatic heterocycles. The van der Waals surface area contributed by atoms with Crippen molar-refractivity contribution < 1.29 is 19.2 Å². The molecule has 4 amide bonds. The van der Waals surface area contributed by atoms with Gasteiger partial charge in [-0.15, -0.1) is 0 Å². The molecule has 3 aromatic rings. The fourth-order valence-electron chi connectivity index (χ4n) is 6.49. The molecule has 5 rings (SSSR count). The summed E-state index contributed by atoms with van der Waals surface area (Å²) in [5.41, 5.74) is 8.64. The first kappa shape index (κ1) is 30.9. The lowest BCUT2D eigenvalue weighted by Crippen LogP contribution is -2.57. The summed E-state index contributed by atoms with van der Waals surface area (Å²) in [7, 11) is 1.58. The SMILES string of the molecule is CNC(=O)[C@@H]1[C@H](c2ccccc2)CCN1C(=O)[C@@H]1C[C@H](c2ccccc2)CN1C(=O)C(Cc1cccnc1)NC(=O)C(C)N. The van der Waals surface area contributed by atoms with E-state index in [0.29, 0.717) is 25.9 Å². The van der Waals surface area contributed by atoms with Crippen molar-refractivity contribution in [3.63, 3.8) is 0 Å². The molecule has 2 saturated heterocycles. The lowest BCUT2D eigenvalue weighted by molar-refractivity contribution is -0.148. The minimum Gasteiger partial charge on any atom is -0.357 e. The molecule has 0 aliphatic carbocycles. The highest BCUT2D eigenvalue weighted by Crippen LogP contribution is 2.38. The number of nitrogens with two attached hydrogens (primary N) is 1. The first-order valence-corrected chi connectivity index (χ1v) is 15.2. The zero-order chi connectivity index (χ0) is 31.2. The van der Waals surface area contributed by atoms with Gasteiger partial charge in [0.05, 0.1) is 6.04 Å². The largest absolute Gasteiger partial charge is 0.357 e. The van der Waals surface area contributed by atoms with E-state index in [1.165, 1.54) is 0 Å². The number of nitrogens with one attached hydrogen (secondary N) is 2. The number of nitrogens with zero attached hydrogens (tertiary/aromatic N) is 3. The van der Waals surface area contributed by atoms with Crippen molar-refractivity contribution in [2.24, 2.45) is 5.73 Å². The molecule has 3 heterocycles. The number of rotatable bonds is 9. The van der Waals surface area contributed by atoms with E-state index in [1.807, 2.05) is 66.7 Å². The van der Waals surface area contributed by atoms with Crippen molar-refractivity contribution in [2.45, 2.75) is 62.2 Å². The lowest BCUT2D eigenvalue weighted by Gasteiger charge is -2.34. The summed E-state index contributed by atoms with van der Waals surface area (Å²) in [6.45, 7) is 2.26. The molecule has 0 saturated carbocycles. The summed E-state index contributed by atoms with van der Waals surface area (Å²) in [4.78, 5) is 62.3. The lowest BCUT2D eigenvalue weighted by atomic mass is 9.91. The molecule has 2 aromatic carbocycles. The Morgan fingerprint density at radius 1 is 0.955 bits per heavy atom. The van der Waals surface area contributed by atoms with Crippen molar-refractivity contribution in [2.75, 3.05) is 20.1 Å². The van der Waals surface area contributed by atoms with Crippen molar-refractivity contribution in [3.05, 3.63) is 102 Å². The van der Waals surface area contributed by atoms with Gasteiger partial charge >= 0.3 is 0 Å². The number of likely N-dealkylation sites (N-methyl/N-ethyl adjacent to an activating group) is 1. The van der Waals surface area contributed by atoms with Crippen LogP contribution in [0.1, 0.15) is 48.3 Å². The Labute approximate surface area is 258 Å². The van der Waals surface area contributed by atoms with Gasteiger partial charge in [0, 0.05) is 50.8 Å². The molecule has 230 valence electrons. The van der Waals surface area contributed by atoms with E-state index in [0.717, 1.165) is 16.7 Å². The van der Waals surface area contributed by atoms with E-state index in [2.05, 4.69) is 15.6 Å². The summed E-state index contributed by atoms with van der Waals surface area (Å²) in [6, 6.07) is 19.9. The standard InChI is InChI=1S/C34H40N6O4/c1-22(35)31(41)38-28(18-23-10-9-16-37-20-23)33(43)40-21-26(24-11-5-3-6-12-24)19-29(40)34(44)39-17-15-27(30(39)32(42)36-2)25-13-7-4-8-14-25/h3-14,16,20,22,26-30H,15,17-19,21,35H2,1-2H3,(H,36,42)(H,38,41)/t22?,26-,27-,28?,29-,30-/m0/s1. The average molecular weight is 597 g/mol. The van der Waals surface area contributed by atoms with Crippen LogP contribution in [0.2, 0.25) is 0 Å². The summed E-state index contributed by atoms with van der Waals surface area (Å²) >= 11 is 0. The van der Waals surface area contributed by atoms with Crippen molar-refractivity contribution in [1.29, 1.82) is 0 Å². The van der Waals surface area contributed by atoms with Gasteiger partial charge in [-0.2, -0.15) is 0 Å². The van der Waals surface area contributed by atoms with Gasteiger partial charge in [0.15, 0.2) is 0 Å². The molecule has 6 atom stereocenters. The molecule has 2 fully saturated rings. The Morgan fingerprint density at radius 2 is 1.64 bits per heavy atom. The Hall–Kier alpha value is -4.57. The van der Waals surface area contributed by atoms with Gasteiger partial charge < -0.3 is 26.2 Å². The van der Waals surface area contributed by atoms with E-state index in [4.69, 9.17) is 5.73 Å². The van der Waals surface area contributed by atoms with Crippen LogP contribution in [0.3, 0.4) is 0 Å². The summed E-state index contributed by atoms with van der Waals surface area (Å²) in [5, 5.41) is 5.57. The minimum absolute atomic E-state index is 0.0942. The molecule has 2 unspecified atom stereocenters. The van der Waals surface area contributed by atoms with Crippen LogP contribution in [-0.2, 0) is 25.6 Å². The van der Waals surface area contributed by atoms with Crippen LogP contribution in [0, 0.1) is 0 Å². The maximum atomic E-state index is 14.5. The predicted molar refractivity (Wildman–Crippen MR) is 166 cm³/mol. The van der Waals surface area contributed by atoms with Crippen molar-refractivity contribution in [1.82, 2.24) is 25.4 Å². The highest BCUT2D eigenvalue weighted by molar-refractivity contribution is 5.96. The second-order valence-corrected chi connectivity index (χ2v) is 11.7. The first-order chi connectivity index (χ1) is 21.3. The highest BCUT2D eigenvalue weighted by Gasteiger charge is 2.49. The molecule has 10 nitrogen and oxygen atoms in total. The third kappa shape index (κ3) is 6.65. The summed E-state index contributed by atoms with van der Waals surface area (Å²) in [6.07, 6.45) is 4.52. The maximum Gasteiger partial charge on any atom is 0.246 e. The third-order valence-electron chi connectivity index (χ3n) is 8.75. The van der Waals surface area contributed by atoms with Gasteiger partial charge in [0.1, 0.15) is 18.1 Å². The van der Waals surface area contributed by atoms with Gasteiger partial charge in [-0.25, -0.2) is 0 Å². The fourth-order valence-corrected chi connectivity index (χ4v) is 6.49. The molecular weight excluding hydrogens is 556 g/mol. The monoisotopic (exact) mass is 596 g/mol. The number of likely N-dealkylation sites (tertiary alicyclic amines) is 2. The zero-order valence-corrected chi connectivity index (χ0v) is 25.1. The molecular formula is C34H40N6O4. The quantitative estimate of drug-likeness (QED) is 0.346. The van der Waals surface area contributed by atoms with Gasteiger partial charge in [-0.1, -0.05) is 66.7 Å². The van der Waals surface area contributed by atoms with E-state index in [9.17, 15) is 19.2 Å². The van der Waals surface area contributed by atoms with E-state index in [1.54, 1.807) is 42.2 Å². The van der Waals surface area contributed by atoms with Crippen LogP contribution in [0.25, 0.3) is 0 Å². The van der Waals surface area contributed by atoms with Crippen LogP contribution in [0.15, 0.2) is 85.2 Å². The van der Waals surface area contributed by atoms with Crippen LogP contribution < -0.4 is 16.4 Å². The number of hydrogen-bond acceptors (Lipinski definition) is 6. The Balaban J connectivity index is 1.48. The summed E-state index contributed by atoms with van der Waals surface area (Å²) in [5.74, 6) is -1.59. The van der Waals surface area contributed by atoms with Crippen LogP contribution >= 0.6 is 0 Å². The Bertz CT molecular complexity index is 1450. The smallest absolute Gasteiger partial charge is 0.246 e. The Kier molecular flexibility index (Phi) is 9.69. The number of pyridine rings is 1. The third-order valence-corrected chi connectivity index (χ3v) is 8.75. The first-order valence-electron chi connectivity index (χ1n) is 15.2. The predicted octanol–water partition coefficient (Wildman–Crippen LogP) is 1.97. The second kappa shape index (κ2) is 13.8. The van der Waals surface area contributed by atoms with Crippen LogP contribution in [0.5, 0.6) is 0 Å². The number of carbonyl (C=O) groups is 4. The zero-order valence-electron chi connectivity index (χ0n) is 25.1. The number of hydrogen-bond donors (Lipinski definition) is 3. The van der Waals surface area contributed by atoms with Gasteiger partial charge in [-0.3, -0.25) is 24.2 Å². The normalized spacial score (nSPS) is 22.7. The van der Waals surface area contributed by atoms with Crippen molar-refractivity contribution >= 4 is 23.6 Å². The molecule has 0 spiro atoms. The molecule has 4 N–H and O–H groups in total. The topological polar surface area (TPSA) is 138 Å². The van der Waals surface area contributed by atoms with E-state index in [-0.39, 0.29) is 36.0 Å². The molecule has 10 heteroatoms.